The first-order valence-electron chi connectivity index (χ1n) is 8.71. The second kappa shape index (κ2) is 6.92. The average molecular weight is 368 g/mol. The zero-order chi connectivity index (χ0) is 18.1. The van der Waals surface area contributed by atoms with Gasteiger partial charge in [0, 0.05) is 30.7 Å². The van der Waals surface area contributed by atoms with Gasteiger partial charge < -0.3 is 10.2 Å². The first-order chi connectivity index (χ1) is 12.6. The molecule has 0 unspecified atom stereocenters. The van der Waals surface area contributed by atoms with Crippen molar-refractivity contribution in [2.75, 3.05) is 23.3 Å². The Bertz CT molecular complexity index is 900. The maximum atomic E-state index is 12.7. The lowest BCUT2D eigenvalue weighted by molar-refractivity contribution is 0.0978. The van der Waals surface area contributed by atoms with Crippen molar-refractivity contribution in [3.63, 3.8) is 0 Å². The maximum Gasteiger partial charge on any atom is 0.225 e. The molecule has 1 saturated heterocycles. The molecule has 0 saturated carbocycles. The molecule has 2 aromatic rings. The predicted octanol–water partition coefficient (Wildman–Crippen LogP) is 4.01. The Kier molecular flexibility index (Phi) is 4.47. The van der Waals surface area contributed by atoms with E-state index < -0.39 is 5.78 Å². The molecule has 6 heteroatoms. The Morgan fingerprint density at radius 1 is 0.962 bits per heavy atom. The van der Waals surface area contributed by atoms with Crippen molar-refractivity contribution in [1.82, 2.24) is 4.98 Å². The van der Waals surface area contributed by atoms with Crippen LogP contribution in [0.15, 0.2) is 53.3 Å². The van der Waals surface area contributed by atoms with Gasteiger partial charge in [-0.05, 0) is 55.7 Å². The minimum absolute atomic E-state index is 0.0999. The van der Waals surface area contributed by atoms with Gasteiger partial charge in [-0.1, -0.05) is 11.6 Å². The number of carbonyl (C=O) groups excluding carboxylic acids is 2. The van der Waals surface area contributed by atoms with Crippen molar-refractivity contribution >= 4 is 34.5 Å². The van der Waals surface area contributed by atoms with E-state index in [0.29, 0.717) is 5.69 Å². The van der Waals surface area contributed by atoms with Crippen molar-refractivity contribution < 1.29 is 9.59 Å². The molecule has 1 aromatic heterocycles. The highest BCUT2D eigenvalue weighted by Gasteiger charge is 2.32. The Hall–Kier alpha value is -2.66. The molecule has 4 rings (SSSR count). The number of anilines is 2. The molecule has 1 aliphatic carbocycles. The number of ketones is 2. The van der Waals surface area contributed by atoms with E-state index in [1.807, 2.05) is 24.3 Å². The van der Waals surface area contributed by atoms with Crippen LogP contribution in [-0.4, -0.2) is 29.6 Å². The van der Waals surface area contributed by atoms with Gasteiger partial charge in [-0.2, -0.15) is 0 Å². The van der Waals surface area contributed by atoms with Crippen LogP contribution < -0.4 is 10.2 Å². The molecule has 132 valence electrons. The number of pyridine rings is 1. The fraction of sp³-hybridized carbons (Fsp3) is 0.250. The van der Waals surface area contributed by atoms with E-state index in [9.17, 15) is 9.59 Å². The van der Waals surface area contributed by atoms with Crippen LogP contribution in [0.4, 0.5) is 11.4 Å². The van der Waals surface area contributed by atoms with E-state index in [-0.39, 0.29) is 27.8 Å². The lowest BCUT2D eigenvalue weighted by Crippen LogP contribution is -2.29. The topological polar surface area (TPSA) is 62.3 Å². The van der Waals surface area contributed by atoms with Crippen molar-refractivity contribution in [2.24, 2.45) is 0 Å². The number of aromatic nitrogens is 1. The molecule has 0 spiro atoms. The lowest BCUT2D eigenvalue weighted by atomic mass is 9.97. The number of rotatable bonds is 3. The average Bonchev–Trinajstić information content (AvgIpc) is 2.71. The van der Waals surface area contributed by atoms with Crippen molar-refractivity contribution in [3.8, 4) is 0 Å². The van der Waals surface area contributed by atoms with E-state index in [1.54, 1.807) is 12.1 Å². The standard InChI is InChI=1S/C20H18ClN3O2/c21-16-18(19(25)15-5-4-10-22-17(15)20(16)26)23-13-6-8-14(9-7-13)24-11-2-1-3-12-24/h4-10,23H,1-3,11-12H2. The van der Waals surface area contributed by atoms with E-state index >= 15 is 0 Å². The summed E-state index contributed by atoms with van der Waals surface area (Å²) in [6, 6.07) is 11.1. The van der Waals surface area contributed by atoms with Gasteiger partial charge in [0.15, 0.2) is 0 Å². The molecule has 2 aliphatic rings. The second-order valence-corrected chi connectivity index (χ2v) is 6.84. The summed E-state index contributed by atoms with van der Waals surface area (Å²) in [5.41, 5.74) is 2.36. The molecule has 1 aromatic carbocycles. The van der Waals surface area contributed by atoms with Crippen LogP contribution in [0.5, 0.6) is 0 Å². The SMILES string of the molecule is O=C1C(Nc2ccc(N3CCCCC3)cc2)=C(Cl)C(=O)c2ncccc21. The van der Waals surface area contributed by atoms with Crippen LogP contribution in [0.3, 0.4) is 0 Å². The summed E-state index contributed by atoms with van der Waals surface area (Å²) >= 11 is 6.16. The number of fused-ring (bicyclic) bond motifs is 1. The monoisotopic (exact) mass is 367 g/mol. The number of hydrogen-bond donors (Lipinski definition) is 1. The normalized spacial score (nSPS) is 17.3. The van der Waals surface area contributed by atoms with Crippen molar-refractivity contribution in [1.29, 1.82) is 0 Å². The minimum Gasteiger partial charge on any atom is -0.372 e. The summed E-state index contributed by atoms with van der Waals surface area (Å²) in [4.78, 5) is 31.4. The van der Waals surface area contributed by atoms with E-state index in [4.69, 9.17) is 11.6 Å². The largest absolute Gasteiger partial charge is 0.372 e. The van der Waals surface area contributed by atoms with Gasteiger partial charge in [0.05, 0.1) is 5.56 Å². The zero-order valence-electron chi connectivity index (χ0n) is 14.2. The Morgan fingerprint density at radius 3 is 2.42 bits per heavy atom. The third-order valence-corrected chi connectivity index (χ3v) is 5.13. The molecule has 0 bridgehead atoms. The fourth-order valence-electron chi connectivity index (χ4n) is 3.38. The van der Waals surface area contributed by atoms with Crippen LogP contribution in [0.25, 0.3) is 0 Å². The summed E-state index contributed by atoms with van der Waals surface area (Å²) in [5, 5.41) is 2.89. The molecule has 0 radical (unpaired) electrons. The minimum atomic E-state index is -0.436. The molecule has 1 aliphatic heterocycles. The molecule has 1 N–H and O–H groups in total. The number of Topliss-reactive ketones (excluding diaryl/α,β-unsaturated/α-hetero) is 2. The van der Waals surface area contributed by atoms with Crippen molar-refractivity contribution in [2.45, 2.75) is 19.3 Å². The number of hydrogen-bond acceptors (Lipinski definition) is 5. The summed E-state index contributed by atoms with van der Waals surface area (Å²) in [7, 11) is 0. The van der Waals surface area contributed by atoms with Crippen molar-refractivity contribution in [3.05, 3.63) is 64.6 Å². The van der Waals surface area contributed by atoms with Gasteiger partial charge >= 0.3 is 0 Å². The maximum absolute atomic E-state index is 12.7. The summed E-state index contributed by atoms with van der Waals surface area (Å²) < 4.78 is 0. The molecule has 5 nitrogen and oxygen atoms in total. The van der Waals surface area contributed by atoms with Crippen LogP contribution in [0.1, 0.15) is 40.1 Å². The van der Waals surface area contributed by atoms with Gasteiger partial charge in [0.25, 0.3) is 0 Å². The highest BCUT2D eigenvalue weighted by atomic mass is 35.5. The molecule has 0 atom stereocenters. The van der Waals surface area contributed by atoms with Gasteiger partial charge in [-0.15, -0.1) is 0 Å². The number of carbonyl (C=O) groups is 2. The highest BCUT2D eigenvalue weighted by Crippen LogP contribution is 2.29. The predicted molar refractivity (Wildman–Crippen MR) is 102 cm³/mol. The highest BCUT2D eigenvalue weighted by molar-refractivity contribution is 6.50. The molecular weight excluding hydrogens is 350 g/mol. The molecule has 26 heavy (non-hydrogen) atoms. The molecule has 0 amide bonds. The Labute approximate surface area is 156 Å². The van der Waals surface area contributed by atoms with Crippen LogP contribution >= 0.6 is 11.6 Å². The van der Waals surface area contributed by atoms with E-state index in [0.717, 1.165) is 18.8 Å². The van der Waals surface area contributed by atoms with E-state index in [2.05, 4.69) is 15.2 Å². The van der Waals surface area contributed by atoms with E-state index in [1.165, 1.54) is 25.5 Å². The Morgan fingerprint density at radius 2 is 1.69 bits per heavy atom. The fourth-order valence-corrected chi connectivity index (χ4v) is 3.61. The number of halogens is 1. The second-order valence-electron chi connectivity index (χ2n) is 6.47. The van der Waals surface area contributed by atoms with Crippen LogP contribution in [0.2, 0.25) is 0 Å². The summed E-state index contributed by atoms with van der Waals surface area (Å²) in [5.74, 6) is -0.757. The first kappa shape index (κ1) is 16.8. The molecule has 1 fully saturated rings. The smallest absolute Gasteiger partial charge is 0.225 e. The number of benzene rings is 1. The quantitative estimate of drug-likeness (QED) is 0.887. The van der Waals surface area contributed by atoms with Crippen LogP contribution in [0, 0.1) is 0 Å². The Balaban J connectivity index is 1.58. The number of nitrogens with one attached hydrogen (secondary N) is 1. The number of nitrogens with zero attached hydrogens (tertiary/aromatic N) is 2. The number of piperidine rings is 1. The molecular formula is C20H18ClN3O2. The summed E-state index contributed by atoms with van der Waals surface area (Å²) in [6.07, 6.45) is 5.19. The van der Waals surface area contributed by atoms with Crippen LogP contribution in [-0.2, 0) is 0 Å². The van der Waals surface area contributed by atoms with Gasteiger partial charge in [-0.25, -0.2) is 0 Å². The molecule has 2 heterocycles. The first-order valence-corrected chi connectivity index (χ1v) is 9.09. The lowest BCUT2D eigenvalue weighted by Gasteiger charge is -2.29. The number of allylic oxidation sites excluding steroid dienone is 2. The van der Waals surface area contributed by atoms with Gasteiger partial charge in [-0.3, -0.25) is 14.6 Å². The van der Waals surface area contributed by atoms with Gasteiger partial charge in [0.2, 0.25) is 11.6 Å². The third kappa shape index (κ3) is 2.99. The third-order valence-electron chi connectivity index (χ3n) is 4.77. The van der Waals surface area contributed by atoms with Gasteiger partial charge in [0.1, 0.15) is 16.4 Å². The zero-order valence-corrected chi connectivity index (χ0v) is 14.9. The summed E-state index contributed by atoms with van der Waals surface area (Å²) in [6.45, 7) is 2.14.